The number of likely N-dealkylation sites (N-methyl/N-ethyl adjacent to an activating group) is 1. The molecule has 20 heavy (non-hydrogen) atoms. The summed E-state index contributed by atoms with van der Waals surface area (Å²) in [6.07, 6.45) is -4.79. The van der Waals surface area contributed by atoms with Crippen molar-refractivity contribution in [3.8, 4) is 5.75 Å². The number of rotatable bonds is 2. The van der Waals surface area contributed by atoms with E-state index in [4.69, 9.17) is 5.73 Å². The minimum atomic E-state index is -4.79. The predicted octanol–water partition coefficient (Wildman–Crippen LogP) is 1.45. The third kappa shape index (κ3) is 3.32. The highest BCUT2D eigenvalue weighted by molar-refractivity contribution is 5.96. The lowest BCUT2D eigenvalue weighted by Crippen LogP contribution is -2.48. The zero-order valence-electron chi connectivity index (χ0n) is 10.8. The molecule has 8 heteroatoms. The Bertz CT molecular complexity index is 519. The number of amides is 1. The Morgan fingerprint density at radius 2 is 2.00 bits per heavy atom. The Morgan fingerprint density at radius 1 is 1.30 bits per heavy atom. The molecule has 0 radical (unpaired) electrons. The van der Waals surface area contributed by atoms with Gasteiger partial charge in [0.05, 0.1) is 12.2 Å². The van der Waals surface area contributed by atoms with Crippen LogP contribution in [0, 0.1) is 0 Å². The summed E-state index contributed by atoms with van der Waals surface area (Å²) in [7, 11) is 1.82. The minimum absolute atomic E-state index is 0.123. The van der Waals surface area contributed by atoms with Crippen molar-refractivity contribution in [1.29, 1.82) is 0 Å². The van der Waals surface area contributed by atoms with Crippen LogP contribution in [-0.2, 0) is 4.79 Å². The predicted molar refractivity (Wildman–Crippen MR) is 67.4 cm³/mol. The molecule has 2 N–H and O–H groups in total. The van der Waals surface area contributed by atoms with Crippen LogP contribution in [0.4, 0.5) is 24.5 Å². The van der Waals surface area contributed by atoms with E-state index in [1.165, 1.54) is 17.0 Å². The van der Waals surface area contributed by atoms with Gasteiger partial charge in [-0.3, -0.25) is 9.69 Å². The molecule has 1 saturated heterocycles. The molecule has 5 nitrogen and oxygen atoms in total. The Balaban J connectivity index is 2.19. The van der Waals surface area contributed by atoms with Gasteiger partial charge < -0.3 is 15.4 Å². The summed E-state index contributed by atoms with van der Waals surface area (Å²) in [5.74, 6) is -0.592. The van der Waals surface area contributed by atoms with Crippen molar-refractivity contribution in [3.05, 3.63) is 18.2 Å². The van der Waals surface area contributed by atoms with E-state index in [0.29, 0.717) is 18.8 Å². The summed E-state index contributed by atoms with van der Waals surface area (Å²) in [5, 5.41) is 0. The molecule has 0 spiro atoms. The lowest BCUT2D eigenvalue weighted by molar-refractivity contribution is -0.274. The van der Waals surface area contributed by atoms with Gasteiger partial charge in [0, 0.05) is 18.8 Å². The molecule has 0 bridgehead atoms. The van der Waals surface area contributed by atoms with Crippen molar-refractivity contribution in [2.75, 3.05) is 37.3 Å². The summed E-state index contributed by atoms with van der Waals surface area (Å²) >= 11 is 0. The number of nitrogen functional groups attached to an aromatic ring is 1. The summed E-state index contributed by atoms with van der Waals surface area (Å²) in [6, 6.07) is 3.81. The minimum Gasteiger partial charge on any atom is -0.404 e. The van der Waals surface area contributed by atoms with Crippen LogP contribution >= 0.6 is 0 Å². The summed E-state index contributed by atoms with van der Waals surface area (Å²) in [5.41, 5.74) is 5.84. The molecule has 1 heterocycles. The van der Waals surface area contributed by atoms with Crippen molar-refractivity contribution in [3.63, 3.8) is 0 Å². The van der Waals surface area contributed by atoms with Gasteiger partial charge in [0.1, 0.15) is 0 Å². The first-order valence-corrected chi connectivity index (χ1v) is 5.90. The van der Waals surface area contributed by atoms with Crippen LogP contribution in [0.5, 0.6) is 5.75 Å². The van der Waals surface area contributed by atoms with Crippen molar-refractivity contribution >= 4 is 17.3 Å². The highest BCUT2D eigenvalue weighted by atomic mass is 19.4. The van der Waals surface area contributed by atoms with Gasteiger partial charge in [0.15, 0.2) is 5.75 Å². The lowest BCUT2D eigenvalue weighted by atomic mass is 10.2. The number of ether oxygens (including phenoxy) is 1. The molecule has 0 aliphatic carbocycles. The van der Waals surface area contributed by atoms with E-state index < -0.39 is 12.1 Å². The van der Waals surface area contributed by atoms with Crippen LogP contribution < -0.4 is 15.4 Å². The molecule has 0 unspecified atom stereocenters. The quantitative estimate of drug-likeness (QED) is 0.837. The van der Waals surface area contributed by atoms with Gasteiger partial charge in [-0.15, -0.1) is 13.2 Å². The van der Waals surface area contributed by atoms with Crippen LogP contribution in [0.3, 0.4) is 0 Å². The van der Waals surface area contributed by atoms with E-state index in [0.717, 1.165) is 6.07 Å². The van der Waals surface area contributed by atoms with Gasteiger partial charge >= 0.3 is 6.36 Å². The maximum atomic E-state index is 12.1. The number of alkyl halides is 3. The maximum Gasteiger partial charge on any atom is 0.573 e. The summed E-state index contributed by atoms with van der Waals surface area (Å²) in [4.78, 5) is 15.2. The normalized spacial score (nSPS) is 17.4. The topological polar surface area (TPSA) is 58.8 Å². The van der Waals surface area contributed by atoms with E-state index in [2.05, 4.69) is 4.74 Å². The SMILES string of the molecule is CN1CCN(c2ccc(OC(F)(F)F)c(N)c2)C(=O)C1. The maximum absolute atomic E-state index is 12.1. The number of anilines is 2. The zero-order valence-corrected chi connectivity index (χ0v) is 10.8. The number of carbonyl (C=O) groups is 1. The molecule has 0 aromatic heterocycles. The highest BCUT2D eigenvalue weighted by Crippen LogP contribution is 2.32. The van der Waals surface area contributed by atoms with Gasteiger partial charge in [-0.25, -0.2) is 0 Å². The Hall–Kier alpha value is -1.96. The van der Waals surface area contributed by atoms with E-state index >= 15 is 0 Å². The smallest absolute Gasteiger partial charge is 0.404 e. The van der Waals surface area contributed by atoms with Crippen molar-refractivity contribution in [2.45, 2.75) is 6.36 Å². The first-order valence-electron chi connectivity index (χ1n) is 5.90. The lowest BCUT2D eigenvalue weighted by Gasteiger charge is -2.32. The Labute approximate surface area is 113 Å². The Morgan fingerprint density at radius 3 is 2.55 bits per heavy atom. The standard InChI is InChI=1S/C12H14F3N3O2/c1-17-4-5-18(11(19)7-17)8-2-3-10(9(16)6-8)20-12(13,14)15/h2-3,6H,4-5,7,16H2,1H3. The average molecular weight is 289 g/mol. The second kappa shape index (κ2) is 5.20. The van der Waals surface area contributed by atoms with Gasteiger partial charge in [-0.1, -0.05) is 0 Å². The molecule has 1 amide bonds. The monoisotopic (exact) mass is 289 g/mol. The fourth-order valence-electron chi connectivity index (χ4n) is 1.99. The van der Waals surface area contributed by atoms with Gasteiger partial charge in [-0.2, -0.15) is 0 Å². The molecule has 1 aromatic carbocycles. The molecule has 1 aliphatic heterocycles. The zero-order chi connectivity index (χ0) is 14.9. The van der Waals surface area contributed by atoms with E-state index in [1.54, 1.807) is 0 Å². The van der Waals surface area contributed by atoms with Crippen LogP contribution in [0.1, 0.15) is 0 Å². The molecular formula is C12H14F3N3O2. The Kier molecular flexibility index (Phi) is 3.76. The second-order valence-electron chi connectivity index (χ2n) is 4.55. The second-order valence-corrected chi connectivity index (χ2v) is 4.55. The van der Waals surface area contributed by atoms with Crippen LogP contribution in [0.25, 0.3) is 0 Å². The van der Waals surface area contributed by atoms with E-state index in [9.17, 15) is 18.0 Å². The van der Waals surface area contributed by atoms with Crippen molar-refractivity contribution in [2.24, 2.45) is 0 Å². The first-order chi connectivity index (χ1) is 9.26. The highest BCUT2D eigenvalue weighted by Gasteiger charge is 2.32. The fraction of sp³-hybridized carbons (Fsp3) is 0.417. The van der Waals surface area contributed by atoms with Gasteiger partial charge in [-0.05, 0) is 25.2 Å². The van der Waals surface area contributed by atoms with E-state index in [-0.39, 0.29) is 18.1 Å². The third-order valence-electron chi connectivity index (χ3n) is 2.94. The number of nitrogens with zero attached hydrogens (tertiary/aromatic N) is 2. The summed E-state index contributed by atoms with van der Waals surface area (Å²) < 4.78 is 40.2. The largest absolute Gasteiger partial charge is 0.573 e. The molecule has 1 aliphatic rings. The number of halogens is 3. The van der Waals surface area contributed by atoms with Crippen molar-refractivity contribution < 1.29 is 22.7 Å². The number of benzene rings is 1. The number of carbonyl (C=O) groups excluding carboxylic acids is 1. The third-order valence-corrected chi connectivity index (χ3v) is 2.94. The molecule has 2 rings (SSSR count). The average Bonchev–Trinajstić information content (AvgIpc) is 2.30. The van der Waals surface area contributed by atoms with Crippen LogP contribution in [0.2, 0.25) is 0 Å². The summed E-state index contributed by atoms with van der Waals surface area (Å²) in [6.45, 7) is 1.42. The van der Waals surface area contributed by atoms with Crippen molar-refractivity contribution in [1.82, 2.24) is 4.90 Å². The number of hydrogen-bond acceptors (Lipinski definition) is 4. The molecule has 0 saturated carbocycles. The molecular weight excluding hydrogens is 275 g/mol. The first kappa shape index (κ1) is 14.4. The molecule has 110 valence electrons. The molecule has 0 atom stereocenters. The fourth-order valence-corrected chi connectivity index (χ4v) is 1.99. The number of nitrogens with two attached hydrogens (primary N) is 1. The van der Waals surface area contributed by atoms with Crippen LogP contribution in [-0.4, -0.2) is 43.9 Å². The van der Waals surface area contributed by atoms with Crippen LogP contribution in [0.15, 0.2) is 18.2 Å². The number of piperazine rings is 1. The van der Waals surface area contributed by atoms with E-state index in [1.807, 2.05) is 11.9 Å². The number of hydrogen-bond donors (Lipinski definition) is 1. The molecule has 1 fully saturated rings. The van der Waals surface area contributed by atoms with Gasteiger partial charge in [0.2, 0.25) is 5.91 Å². The van der Waals surface area contributed by atoms with Gasteiger partial charge in [0.25, 0.3) is 0 Å². The molecule has 1 aromatic rings.